The zero-order chi connectivity index (χ0) is 15.7. The number of halogens is 1. The molecule has 0 saturated heterocycles. The van der Waals surface area contributed by atoms with Crippen LogP contribution in [0.3, 0.4) is 0 Å². The summed E-state index contributed by atoms with van der Waals surface area (Å²) in [6.07, 6.45) is 0. The number of benzene rings is 2. The summed E-state index contributed by atoms with van der Waals surface area (Å²) >= 11 is 3.51. The first-order valence-electron chi connectivity index (χ1n) is 6.93. The minimum atomic E-state index is 0.690. The van der Waals surface area contributed by atoms with Gasteiger partial charge < -0.3 is 4.74 Å². The number of hydrogen-bond donors (Lipinski definition) is 0. The van der Waals surface area contributed by atoms with Crippen molar-refractivity contribution in [2.75, 3.05) is 7.11 Å². The molecule has 0 aliphatic carbocycles. The maximum Gasteiger partial charge on any atom is 0.205 e. The molecule has 0 aliphatic heterocycles. The van der Waals surface area contributed by atoms with E-state index in [1.54, 1.807) is 7.11 Å². The topological polar surface area (TPSA) is 39.9 Å². The van der Waals surface area contributed by atoms with Gasteiger partial charge >= 0.3 is 0 Å². The van der Waals surface area contributed by atoms with E-state index in [-0.39, 0.29) is 0 Å². The molecule has 0 N–H and O–H groups in total. The van der Waals surface area contributed by atoms with Gasteiger partial charge in [0.1, 0.15) is 5.75 Å². The van der Waals surface area contributed by atoms with E-state index in [0.29, 0.717) is 4.73 Å². The van der Waals surface area contributed by atoms with Crippen LogP contribution in [0, 0.1) is 13.8 Å². The molecular formula is C17H16BrN3O. The summed E-state index contributed by atoms with van der Waals surface area (Å²) in [7, 11) is 1.66. The quantitative estimate of drug-likeness (QED) is 0.700. The fraction of sp³-hybridized carbons (Fsp3) is 0.176. The number of hydrogen-bond acceptors (Lipinski definition) is 3. The Morgan fingerprint density at radius 2 is 1.59 bits per heavy atom. The third-order valence-electron chi connectivity index (χ3n) is 3.63. The van der Waals surface area contributed by atoms with E-state index in [1.807, 2.05) is 28.8 Å². The zero-order valence-corrected chi connectivity index (χ0v) is 14.3. The molecule has 0 aliphatic rings. The molecule has 2 aromatic carbocycles. The Labute approximate surface area is 137 Å². The van der Waals surface area contributed by atoms with E-state index < -0.39 is 0 Å². The molecule has 0 atom stereocenters. The van der Waals surface area contributed by atoms with Gasteiger partial charge in [-0.25, -0.2) is 0 Å². The van der Waals surface area contributed by atoms with Crippen molar-refractivity contribution in [3.8, 4) is 22.8 Å². The molecule has 1 aromatic heterocycles. The summed E-state index contributed by atoms with van der Waals surface area (Å²) in [6, 6.07) is 14.1. The lowest BCUT2D eigenvalue weighted by molar-refractivity contribution is 0.415. The monoisotopic (exact) mass is 357 g/mol. The minimum Gasteiger partial charge on any atom is -0.497 e. The molecule has 0 radical (unpaired) electrons. The summed E-state index contributed by atoms with van der Waals surface area (Å²) < 4.78 is 7.94. The Morgan fingerprint density at radius 3 is 2.18 bits per heavy atom. The van der Waals surface area contributed by atoms with Crippen LogP contribution in [0.5, 0.6) is 5.75 Å². The van der Waals surface area contributed by atoms with Crippen LogP contribution in [0.25, 0.3) is 17.1 Å². The Morgan fingerprint density at radius 1 is 0.955 bits per heavy atom. The van der Waals surface area contributed by atoms with E-state index in [1.165, 1.54) is 11.1 Å². The van der Waals surface area contributed by atoms with E-state index in [0.717, 1.165) is 22.8 Å². The molecule has 112 valence electrons. The molecule has 22 heavy (non-hydrogen) atoms. The lowest BCUT2D eigenvalue weighted by Crippen LogP contribution is -2.03. The van der Waals surface area contributed by atoms with Crippen LogP contribution in [0.2, 0.25) is 0 Å². The van der Waals surface area contributed by atoms with Crippen LogP contribution in [-0.4, -0.2) is 21.9 Å². The van der Waals surface area contributed by atoms with Crippen molar-refractivity contribution in [2.45, 2.75) is 13.8 Å². The minimum absolute atomic E-state index is 0.690. The molecule has 0 amide bonds. The van der Waals surface area contributed by atoms with Gasteiger partial charge in [-0.15, -0.1) is 10.2 Å². The predicted octanol–water partition coefficient (Wildman–Crippen LogP) is 4.32. The van der Waals surface area contributed by atoms with Crippen LogP contribution in [-0.2, 0) is 0 Å². The fourth-order valence-corrected chi connectivity index (χ4v) is 2.97. The molecule has 0 unspecified atom stereocenters. The standard InChI is InChI=1S/C17H16BrN3O/c1-11-5-4-6-12(2)15(11)21-16(19-20-17(21)18)13-7-9-14(22-3)10-8-13/h4-10H,1-3H3. The number of rotatable bonds is 3. The highest BCUT2D eigenvalue weighted by molar-refractivity contribution is 9.10. The normalized spacial score (nSPS) is 10.7. The second-order valence-corrected chi connectivity index (χ2v) is 5.81. The Bertz CT molecular complexity index is 789. The van der Waals surface area contributed by atoms with Crippen molar-refractivity contribution in [2.24, 2.45) is 0 Å². The molecule has 0 fully saturated rings. The number of methoxy groups -OCH3 is 1. The van der Waals surface area contributed by atoms with Crippen LogP contribution < -0.4 is 4.74 Å². The summed E-state index contributed by atoms with van der Waals surface area (Å²) in [4.78, 5) is 0. The van der Waals surface area contributed by atoms with E-state index in [4.69, 9.17) is 4.74 Å². The molecule has 0 saturated carbocycles. The number of aryl methyl sites for hydroxylation is 2. The number of aromatic nitrogens is 3. The van der Waals surface area contributed by atoms with Gasteiger partial charge in [-0.3, -0.25) is 4.57 Å². The molecule has 3 rings (SSSR count). The summed E-state index contributed by atoms with van der Waals surface area (Å²) in [6.45, 7) is 4.18. The lowest BCUT2D eigenvalue weighted by atomic mass is 10.1. The van der Waals surface area contributed by atoms with E-state index in [2.05, 4.69) is 58.2 Å². The van der Waals surface area contributed by atoms with Crippen molar-refractivity contribution in [3.05, 3.63) is 58.3 Å². The van der Waals surface area contributed by atoms with Gasteiger partial charge in [0, 0.05) is 5.56 Å². The summed E-state index contributed by atoms with van der Waals surface area (Å²) in [5, 5.41) is 8.52. The van der Waals surface area contributed by atoms with Gasteiger partial charge in [-0.2, -0.15) is 0 Å². The molecule has 4 nitrogen and oxygen atoms in total. The molecule has 5 heteroatoms. The van der Waals surface area contributed by atoms with E-state index >= 15 is 0 Å². The van der Waals surface area contributed by atoms with Gasteiger partial charge in [0.2, 0.25) is 4.73 Å². The summed E-state index contributed by atoms with van der Waals surface area (Å²) in [5.41, 5.74) is 4.44. The van der Waals surface area contributed by atoms with Crippen molar-refractivity contribution >= 4 is 15.9 Å². The van der Waals surface area contributed by atoms with Crippen molar-refractivity contribution < 1.29 is 4.74 Å². The number of nitrogens with zero attached hydrogens (tertiary/aromatic N) is 3. The maximum atomic E-state index is 5.21. The first-order chi connectivity index (χ1) is 10.6. The third-order valence-corrected chi connectivity index (χ3v) is 4.15. The van der Waals surface area contributed by atoms with Gasteiger partial charge in [0.25, 0.3) is 0 Å². The van der Waals surface area contributed by atoms with Gasteiger partial charge in [-0.05, 0) is 65.2 Å². The first-order valence-corrected chi connectivity index (χ1v) is 7.73. The van der Waals surface area contributed by atoms with Gasteiger partial charge in [-0.1, -0.05) is 18.2 Å². The predicted molar refractivity (Wildman–Crippen MR) is 90.5 cm³/mol. The van der Waals surface area contributed by atoms with Gasteiger partial charge in [0.05, 0.1) is 12.8 Å². The Balaban J connectivity index is 2.19. The molecule has 0 bridgehead atoms. The first kappa shape index (κ1) is 14.8. The Hall–Kier alpha value is -2.14. The molecule has 0 spiro atoms. The number of ether oxygens (including phenoxy) is 1. The van der Waals surface area contributed by atoms with Crippen LogP contribution in [0.1, 0.15) is 11.1 Å². The zero-order valence-electron chi connectivity index (χ0n) is 12.7. The highest BCUT2D eigenvalue weighted by Gasteiger charge is 2.16. The largest absolute Gasteiger partial charge is 0.497 e. The third kappa shape index (κ3) is 2.52. The second kappa shape index (κ2) is 5.93. The molecule has 3 aromatic rings. The summed E-state index contributed by atoms with van der Waals surface area (Å²) in [5.74, 6) is 1.62. The average Bonchev–Trinajstić information content (AvgIpc) is 2.89. The highest BCUT2D eigenvalue weighted by Crippen LogP contribution is 2.30. The van der Waals surface area contributed by atoms with Crippen LogP contribution in [0.15, 0.2) is 47.2 Å². The molecule has 1 heterocycles. The van der Waals surface area contributed by atoms with Crippen molar-refractivity contribution in [3.63, 3.8) is 0 Å². The maximum absolute atomic E-state index is 5.21. The molecular weight excluding hydrogens is 342 g/mol. The Kier molecular flexibility index (Phi) is 3.98. The fourth-order valence-electron chi connectivity index (χ4n) is 2.55. The SMILES string of the molecule is COc1ccc(-c2nnc(Br)n2-c2c(C)cccc2C)cc1. The van der Waals surface area contributed by atoms with Crippen molar-refractivity contribution in [1.29, 1.82) is 0 Å². The smallest absolute Gasteiger partial charge is 0.205 e. The van der Waals surface area contributed by atoms with Crippen LogP contribution >= 0.6 is 15.9 Å². The van der Waals surface area contributed by atoms with Gasteiger partial charge in [0.15, 0.2) is 5.82 Å². The van der Waals surface area contributed by atoms with E-state index in [9.17, 15) is 0 Å². The second-order valence-electron chi connectivity index (χ2n) is 5.10. The number of para-hydroxylation sites is 1. The van der Waals surface area contributed by atoms with Crippen LogP contribution in [0.4, 0.5) is 0 Å². The highest BCUT2D eigenvalue weighted by atomic mass is 79.9. The average molecular weight is 358 g/mol. The lowest BCUT2D eigenvalue weighted by Gasteiger charge is -2.14. The van der Waals surface area contributed by atoms with Crippen molar-refractivity contribution in [1.82, 2.24) is 14.8 Å².